The first-order valence-corrected chi connectivity index (χ1v) is 9.35. The first kappa shape index (κ1) is 17.5. The fourth-order valence-electron chi connectivity index (χ4n) is 3.32. The molecule has 3 rings (SSSR count). The molecule has 1 N–H and O–H groups in total. The largest absolute Gasteiger partial charge is 0.354 e. The number of anilines is 3. The van der Waals surface area contributed by atoms with Gasteiger partial charge in [-0.05, 0) is 69.7 Å². The monoisotopic (exact) mass is 336 g/mol. The Kier molecular flexibility index (Phi) is 6.04. The molecule has 1 heterocycles. The van der Waals surface area contributed by atoms with Crippen molar-refractivity contribution in [2.24, 2.45) is 0 Å². The van der Waals surface area contributed by atoms with Crippen LogP contribution < -0.4 is 10.2 Å². The van der Waals surface area contributed by atoms with E-state index in [4.69, 9.17) is 4.98 Å². The van der Waals surface area contributed by atoms with Crippen LogP contribution in [0.1, 0.15) is 44.6 Å². The van der Waals surface area contributed by atoms with Gasteiger partial charge in [-0.25, -0.2) is 4.98 Å². The summed E-state index contributed by atoms with van der Waals surface area (Å²) in [4.78, 5) is 11.3. The fraction of sp³-hybridized carbons (Fsp3) is 0.429. The number of allylic oxidation sites excluding steroid dienone is 1. The van der Waals surface area contributed by atoms with Gasteiger partial charge in [0.1, 0.15) is 5.82 Å². The third-order valence-electron chi connectivity index (χ3n) is 4.66. The number of hydrogen-bond donors (Lipinski definition) is 1. The van der Waals surface area contributed by atoms with E-state index >= 15 is 0 Å². The maximum absolute atomic E-state index is 4.72. The molecule has 4 nitrogen and oxygen atoms in total. The second-order valence-electron chi connectivity index (χ2n) is 6.61. The molecule has 1 aliphatic carbocycles. The molecule has 0 aliphatic heterocycles. The second kappa shape index (κ2) is 8.65. The summed E-state index contributed by atoms with van der Waals surface area (Å²) in [5.74, 6) is 1.64. The molecule has 0 radical (unpaired) electrons. The number of aromatic nitrogens is 2. The van der Waals surface area contributed by atoms with Crippen LogP contribution >= 0.6 is 0 Å². The zero-order chi connectivity index (χ0) is 17.5. The third kappa shape index (κ3) is 4.81. The van der Waals surface area contributed by atoms with E-state index in [-0.39, 0.29) is 0 Å². The van der Waals surface area contributed by atoms with Crippen molar-refractivity contribution in [1.29, 1.82) is 0 Å². The molecule has 4 heteroatoms. The summed E-state index contributed by atoms with van der Waals surface area (Å²) in [7, 11) is 0. The van der Waals surface area contributed by atoms with E-state index in [1.54, 1.807) is 5.57 Å². The van der Waals surface area contributed by atoms with Crippen LogP contribution in [0.3, 0.4) is 0 Å². The highest BCUT2D eigenvalue weighted by molar-refractivity contribution is 5.61. The van der Waals surface area contributed by atoms with Crippen LogP contribution in [0.25, 0.3) is 0 Å². The number of nitrogens with one attached hydrogen (secondary N) is 1. The van der Waals surface area contributed by atoms with Crippen LogP contribution in [0.15, 0.2) is 48.2 Å². The molecular weight excluding hydrogens is 308 g/mol. The zero-order valence-corrected chi connectivity index (χ0v) is 15.3. The summed E-state index contributed by atoms with van der Waals surface area (Å²) in [6.45, 7) is 6.02. The number of rotatable bonds is 7. The van der Waals surface area contributed by atoms with E-state index in [0.717, 1.165) is 25.3 Å². The molecule has 25 heavy (non-hydrogen) atoms. The Hall–Kier alpha value is -2.36. The minimum absolute atomic E-state index is 0.708. The molecule has 1 aromatic carbocycles. The number of nitrogens with zero attached hydrogens (tertiary/aromatic N) is 3. The Morgan fingerprint density at radius 2 is 2.12 bits per heavy atom. The molecule has 0 spiro atoms. The van der Waals surface area contributed by atoms with Crippen molar-refractivity contribution in [3.63, 3.8) is 0 Å². The van der Waals surface area contributed by atoms with E-state index < -0.39 is 0 Å². The Morgan fingerprint density at radius 1 is 1.20 bits per heavy atom. The maximum Gasteiger partial charge on any atom is 0.224 e. The van der Waals surface area contributed by atoms with Gasteiger partial charge in [0.25, 0.3) is 0 Å². The summed E-state index contributed by atoms with van der Waals surface area (Å²) in [5.41, 5.74) is 3.99. The van der Waals surface area contributed by atoms with E-state index in [0.29, 0.717) is 5.95 Å². The van der Waals surface area contributed by atoms with Gasteiger partial charge >= 0.3 is 0 Å². The van der Waals surface area contributed by atoms with Crippen molar-refractivity contribution in [2.75, 3.05) is 23.3 Å². The Balaban J connectivity index is 1.66. The van der Waals surface area contributed by atoms with E-state index in [1.165, 1.54) is 36.9 Å². The maximum atomic E-state index is 4.72. The second-order valence-corrected chi connectivity index (χ2v) is 6.61. The van der Waals surface area contributed by atoms with Crippen LogP contribution in [-0.2, 0) is 0 Å². The van der Waals surface area contributed by atoms with Gasteiger partial charge in [0.2, 0.25) is 5.95 Å². The lowest BCUT2D eigenvalue weighted by Crippen LogP contribution is -2.18. The van der Waals surface area contributed by atoms with Crippen molar-refractivity contribution in [1.82, 2.24) is 9.97 Å². The molecular formula is C21H28N4. The molecule has 132 valence electrons. The van der Waals surface area contributed by atoms with E-state index in [9.17, 15) is 0 Å². The standard InChI is InChI=1S/C21H28N4/c1-3-25(19-11-7-8-17(2)16-19)20-13-15-23-21(24-20)22-14-12-18-9-5-4-6-10-18/h7-9,11,13,15-16H,3-6,10,12,14H2,1-2H3,(H,22,23,24). The summed E-state index contributed by atoms with van der Waals surface area (Å²) in [5, 5.41) is 3.38. The molecule has 0 amide bonds. The number of aryl methyl sites for hydroxylation is 1. The van der Waals surface area contributed by atoms with Crippen molar-refractivity contribution >= 4 is 17.5 Å². The van der Waals surface area contributed by atoms with E-state index in [1.807, 2.05) is 12.3 Å². The minimum atomic E-state index is 0.708. The van der Waals surface area contributed by atoms with Crippen molar-refractivity contribution < 1.29 is 0 Å². The Labute approximate surface area is 151 Å². The lowest BCUT2D eigenvalue weighted by Gasteiger charge is -2.23. The minimum Gasteiger partial charge on any atom is -0.354 e. The van der Waals surface area contributed by atoms with Crippen LogP contribution in [0.2, 0.25) is 0 Å². The molecule has 2 aromatic rings. The molecule has 0 saturated carbocycles. The van der Waals surface area contributed by atoms with E-state index in [2.05, 4.69) is 59.4 Å². The SMILES string of the molecule is CCN(c1cccc(C)c1)c1ccnc(NCCC2=CCCCC2)n1. The van der Waals surface area contributed by atoms with Crippen molar-refractivity contribution in [3.05, 3.63) is 53.7 Å². The molecule has 0 unspecified atom stereocenters. The molecule has 1 aromatic heterocycles. The summed E-state index contributed by atoms with van der Waals surface area (Å²) in [6, 6.07) is 10.5. The Bertz CT molecular complexity index is 723. The smallest absolute Gasteiger partial charge is 0.224 e. The number of hydrogen-bond acceptors (Lipinski definition) is 4. The quantitative estimate of drug-likeness (QED) is 0.702. The molecule has 0 fully saturated rings. The number of benzene rings is 1. The van der Waals surface area contributed by atoms with Gasteiger partial charge in [0, 0.05) is 25.0 Å². The van der Waals surface area contributed by atoms with Gasteiger partial charge in [0.15, 0.2) is 0 Å². The van der Waals surface area contributed by atoms with Gasteiger partial charge in [-0.2, -0.15) is 4.98 Å². The summed E-state index contributed by atoms with van der Waals surface area (Å²) < 4.78 is 0. The van der Waals surface area contributed by atoms with Gasteiger partial charge in [-0.15, -0.1) is 0 Å². The molecule has 0 bridgehead atoms. The topological polar surface area (TPSA) is 41.1 Å². The van der Waals surface area contributed by atoms with Crippen LogP contribution in [0.5, 0.6) is 0 Å². The van der Waals surface area contributed by atoms with Crippen molar-refractivity contribution in [2.45, 2.75) is 46.0 Å². The van der Waals surface area contributed by atoms with Crippen molar-refractivity contribution in [3.8, 4) is 0 Å². The molecule has 1 aliphatic rings. The summed E-state index contributed by atoms with van der Waals surface area (Å²) >= 11 is 0. The predicted octanol–water partition coefficient (Wildman–Crippen LogP) is 5.25. The van der Waals surface area contributed by atoms with Gasteiger partial charge < -0.3 is 10.2 Å². The van der Waals surface area contributed by atoms with Crippen LogP contribution in [0, 0.1) is 6.92 Å². The zero-order valence-electron chi connectivity index (χ0n) is 15.3. The van der Waals surface area contributed by atoms with Gasteiger partial charge in [0.05, 0.1) is 0 Å². The highest BCUT2D eigenvalue weighted by Gasteiger charge is 2.10. The predicted molar refractivity (Wildman–Crippen MR) is 106 cm³/mol. The van der Waals surface area contributed by atoms with Gasteiger partial charge in [-0.3, -0.25) is 0 Å². The average molecular weight is 336 g/mol. The first-order chi connectivity index (χ1) is 12.3. The third-order valence-corrected chi connectivity index (χ3v) is 4.66. The lowest BCUT2D eigenvalue weighted by atomic mass is 9.97. The molecule has 0 atom stereocenters. The highest BCUT2D eigenvalue weighted by Crippen LogP contribution is 2.25. The highest BCUT2D eigenvalue weighted by atomic mass is 15.2. The first-order valence-electron chi connectivity index (χ1n) is 9.35. The lowest BCUT2D eigenvalue weighted by molar-refractivity contribution is 0.679. The normalized spacial score (nSPS) is 14.1. The fourth-order valence-corrected chi connectivity index (χ4v) is 3.32. The Morgan fingerprint density at radius 3 is 2.88 bits per heavy atom. The van der Waals surface area contributed by atoms with Gasteiger partial charge in [-0.1, -0.05) is 23.8 Å². The molecule has 0 saturated heterocycles. The van der Waals surface area contributed by atoms with Crippen LogP contribution in [-0.4, -0.2) is 23.1 Å². The van der Waals surface area contributed by atoms with Crippen LogP contribution in [0.4, 0.5) is 17.5 Å². The summed E-state index contributed by atoms with van der Waals surface area (Å²) in [6.07, 6.45) is 10.5. The average Bonchev–Trinajstić information content (AvgIpc) is 2.64.